The molecule has 1 aliphatic rings. The molecule has 0 aliphatic carbocycles. The monoisotopic (exact) mass is 244 g/mol. The van der Waals surface area contributed by atoms with Crippen LogP contribution in [0.3, 0.4) is 0 Å². The molecule has 0 saturated carbocycles. The zero-order valence-electron chi connectivity index (χ0n) is 9.71. The Bertz CT molecular complexity index is 344. The maximum Gasteiger partial charge on any atom is 0.326 e. The smallest absolute Gasteiger partial charge is 0.326 e. The van der Waals surface area contributed by atoms with Gasteiger partial charge < -0.3 is 20.4 Å². The lowest BCUT2D eigenvalue weighted by Crippen LogP contribution is -2.50. The van der Waals surface area contributed by atoms with Gasteiger partial charge in [0, 0.05) is 19.9 Å². The van der Waals surface area contributed by atoms with Crippen LogP contribution in [0.1, 0.15) is 20.3 Å². The molecule has 3 atom stereocenters. The van der Waals surface area contributed by atoms with Crippen molar-refractivity contribution in [1.82, 2.24) is 10.2 Å². The van der Waals surface area contributed by atoms with E-state index >= 15 is 0 Å². The number of carbonyl (C=O) groups excluding carboxylic acids is 2. The van der Waals surface area contributed by atoms with Crippen molar-refractivity contribution in [2.75, 3.05) is 6.54 Å². The highest BCUT2D eigenvalue weighted by Gasteiger charge is 2.40. The predicted octanol–water partition coefficient (Wildman–Crippen LogP) is -1.44. The number of carbonyl (C=O) groups is 3. The van der Waals surface area contributed by atoms with E-state index in [-0.39, 0.29) is 18.9 Å². The molecule has 1 unspecified atom stereocenters. The Labute approximate surface area is 98.4 Å². The fourth-order valence-electron chi connectivity index (χ4n) is 1.91. The van der Waals surface area contributed by atoms with Crippen molar-refractivity contribution in [1.29, 1.82) is 0 Å². The molecule has 1 rings (SSSR count). The van der Waals surface area contributed by atoms with Crippen LogP contribution < -0.4 is 5.32 Å². The van der Waals surface area contributed by atoms with Gasteiger partial charge in [-0.3, -0.25) is 9.59 Å². The van der Waals surface area contributed by atoms with E-state index in [4.69, 9.17) is 5.11 Å². The van der Waals surface area contributed by atoms with Crippen molar-refractivity contribution in [2.45, 2.75) is 38.5 Å². The van der Waals surface area contributed by atoms with Gasteiger partial charge in [0.05, 0.1) is 6.10 Å². The van der Waals surface area contributed by atoms with Crippen LogP contribution in [0.4, 0.5) is 0 Å². The van der Waals surface area contributed by atoms with Gasteiger partial charge in [0.15, 0.2) is 0 Å². The summed E-state index contributed by atoms with van der Waals surface area (Å²) < 4.78 is 0. The van der Waals surface area contributed by atoms with Crippen LogP contribution in [0, 0.1) is 0 Å². The van der Waals surface area contributed by atoms with E-state index in [1.54, 1.807) is 0 Å². The number of hydrogen-bond donors (Lipinski definition) is 3. The van der Waals surface area contributed by atoms with Crippen LogP contribution in [0.25, 0.3) is 0 Å². The van der Waals surface area contributed by atoms with E-state index in [1.807, 2.05) is 0 Å². The number of aliphatic carboxylic acids is 1. The number of carboxylic acid groups (broad SMARTS) is 1. The first-order valence-corrected chi connectivity index (χ1v) is 5.31. The van der Waals surface area contributed by atoms with Gasteiger partial charge in [0.25, 0.3) is 0 Å². The van der Waals surface area contributed by atoms with Crippen molar-refractivity contribution < 1.29 is 24.6 Å². The minimum atomic E-state index is -1.15. The second-order valence-corrected chi connectivity index (χ2v) is 4.16. The van der Waals surface area contributed by atoms with E-state index in [0.29, 0.717) is 0 Å². The number of nitrogens with zero attached hydrogens (tertiary/aromatic N) is 1. The highest BCUT2D eigenvalue weighted by molar-refractivity contribution is 5.90. The summed E-state index contributed by atoms with van der Waals surface area (Å²) in [5.41, 5.74) is 0. The van der Waals surface area contributed by atoms with E-state index < -0.39 is 30.1 Å². The van der Waals surface area contributed by atoms with Gasteiger partial charge >= 0.3 is 5.97 Å². The van der Waals surface area contributed by atoms with Crippen molar-refractivity contribution in [3.05, 3.63) is 0 Å². The number of aliphatic hydroxyl groups excluding tert-OH is 1. The minimum absolute atomic E-state index is 0.0142. The Kier molecular flexibility index (Phi) is 4.06. The Morgan fingerprint density at radius 3 is 2.47 bits per heavy atom. The molecule has 96 valence electrons. The number of nitrogens with one attached hydrogen (secondary N) is 1. The van der Waals surface area contributed by atoms with Gasteiger partial charge in [-0.25, -0.2) is 4.79 Å². The van der Waals surface area contributed by atoms with Crippen molar-refractivity contribution in [3.8, 4) is 0 Å². The molecule has 0 radical (unpaired) electrons. The lowest BCUT2D eigenvalue weighted by atomic mass is 10.2. The molecule has 7 heteroatoms. The van der Waals surface area contributed by atoms with Crippen molar-refractivity contribution in [3.63, 3.8) is 0 Å². The number of amides is 2. The molecule has 0 spiro atoms. The van der Waals surface area contributed by atoms with Crippen LogP contribution in [-0.2, 0) is 14.4 Å². The first-order valence-electron chi connectivity index (χ1n) is 5.31. The molecule has 0 aromatic rings. The van der Waals surface area contributed by atoms with Crippen LogP contribution in [0.2, 0.25) is 0 Å². The lowest BCUT2D eigenvalue weighted by molar-refractivity contribution is -0.149. The fourth-order valence-corrected chi connectivity index (χ4v) is 1.91. The third-order valence-electron chi connectivity index (χ3n) is 2.64. The summed E-state index contributed by atoms with van der Waals surface area (Å²) in [6, 6.07) is -1.81. The van der Waals surface area contributed by atoms with Gasteiger partial charge in [0.1, 0.15) is 12.1 Å². The third-order valence-corrected chi connectivity index (χ3v) is 2.64. The maximum atomic E-state index is 11.9. The second kappa shape index (κ2) is 5.13. The molecule has 1 saturated heterocycles. The fraction of sp³-hybridized carbons (Fsp3) is 0.700. The van der Waals surface area contributed by atoms with Crippen molar-refractivity contribution in [2.24, 2.45) is 0 Å². The maximum absolute atomic E-state index is 11.9. The lowest BCUT2D eigenvalue weighted by Gasteiger charge is -2.24. The number of carboxylic acids is 1. The van der Waals surface area contributed by atoms with Gasteiger partial charge in [-0.1, -0.05) is 0 Å². The molecular weight excluding hydrogens is 228 g/mol. The average molecular weight is 244 g/mol. The molecule has 7 nitrogen and oxygen atoms in total. The summed E-state index contributed by atoms with van der Waals surface area (Å²) in [7, 11) is 0. The molecule has 17 heavy (non-hydrogen) atoms. The number of hydrogen-bond acceptors (Lipinski definition) is 4. The molecule has 0 aromatic carbocycles. The van der Waals surface area contributed by atoms with E-state index in [0.717, 1.165) is 4.90 Å². The quantitative estimate of drug-likeness (QED) is 0.563. The molecule has 0 bridgehead atoms. The van der Waals surface area contributed by atoms with Crippen LogP contribution in [0.5, 0.6) is 0 Å². The second-order valence-electron chi connectivity index (χ2n) is 4.16. The Hall–Kier alpha value is -1.63. The van der Waals surface area contributed by atoms with E-state index in [1.165, 1.54) is 13.8 Å². The molecule has 3 N–H and O–H groups in total. The number of rotatable bonds is 3. The Balaban J connectivity index is 2.73. The summed E-state index contributed by atoms with van der Waals surface area (Å²) >= 11 is 0. The van der Waals surface area contributed by atoms with Crippen LogP contribution in [0.15, 0.2) is 0 Å². The van der Waals surface area contributed by atoms with Gasteiger partial charge in [-0.2, -0.15) is 0 Å². The summed E-state index contributed by atoms with van der Waals surface area (Å²) in [4.78, 5) is 34.7. The molecule has 2 amide bonds. The van der Waals surface area contributed by atoms with Gasteiger partial charge in [0.2, 0.25) is 11.8 Å². The number of β-amino-alcohol motifs (C(OH)–C–C–N with tert-alkyl or cyclic N) is 1. The van der Waals surface area contributed by atoms with Gasteiger partial charge in [-0.05, 0) is 6.92 Å². The summed E-state index contributed by atoms with van der Waals surface area (Å²) in [5.74, 6) is -2.01. The highest BCUT2D eigenvalue weighted by Crippen LogP contribution is 2.19. The van der Waals surface area contributed by atoms with E-state index in [9.17, 15) is 19.5 Å². The summed E-state index contributed by atoms with van der Waals surface area (Å²) in [6.07, 6.45) is -0.807. The van der Waals surface area contributed by atoms with Crippen LogP contribution in [-0.4, -0.2) is 57.6 Å². The Morgan fingerprint density at radius 2 is 2.00 bits per heavy atom. The highest BCUT2D eigenvalue weighted by atomic mass is 16.4. The predicted molar refractivity (Wildman–Crippen MR) is 57.0 cm³/mol. The third kappa shape index (κ3) is 3.16. The SMILES string of the molecule is CC(=O)NC(C)C(=O)N1C[C@@H](O)C[C@H]1C(=O)O. The zero-order valence-corrected chi connectivity index (χ0v) is 9.71. The van der Waals surface area contributed by atoms with Gasteiger partial charge in [-0.15, -0.1) is 0 Å². The number of likely N-dealkylation sites (tertiary alicyclic amines) is 1. The molecule has 1 heterocycles. The first-order chi connectivity index (χ1) is 7.82. The standard InChI is InChI=1S/C10H16N2O5/c1-5(11-6(2)13)9(15)12-4-7(14)3-8(12)10(16)17/h5,7-8,14H,3-4H2,1-2H3,(H,11,13)(H,16,17)/t5?,7-,8-/m0/s1. The van der Waals surface area contributed by atoms with Crippen LogP contribution >= 0.6 is 0 Å². The molecule has 0 aromatic heterocycles. The Morgan fingerprint density at radius 1 is 1.41 bits per heavy atom. The molecule has 1 fully saturated rings. The van der Waals surface area contributed by atoms with E-state index in [2.05, 4.69) is 5.32 Å². The normalized spacial score (nSPS) is 25.5. The average Bonchev–Trinajstić information content (AvgIpc) is 2.58. The van der Waals surface area contributed by atoms with Crippen molar-refractivity contribution >= 4 is 17.8 Å². The summed E-state index contributed by atoms with van der Waals surface area (Å²) in [5, 5.41) is 20.7. The zero-order chi connectivity index (χ0) is 13.2. The molecular formula is C10H16N2O5. The first kappa shape index (κ1) is 13.4. The molecule has 1 aliphatic heterocycles. The largest absolute Gasteiger partial charge is 0.480 e. The summed E-state index contributed by atoms with van der Waals surface area (Å²) in [6.45, 7) is 2.74. The topological polar surface area (TPSA) is 107 Å². The minimum Gasteiger partial charge on any atom is -0.480 e. The number of aliphatic hydroxyl groups is 1.